The van der Waals surface area contributed by atoms with Crippen LogP contribution in [0.1, 0.15) is 51.4 Å². The maximum atomic E-state index is 11.8. The monoisotopic (exact) mass is 293 g/mol. The number of rotatable bonds is 7. The highest BCUT2D eigenvalue weighted by atomic mass is 16.4. The number of carbonyl (C=O) groups is 2. The number of amides is 1. The van der Waals surface area contributed by atoms with E-state index in [-0.39, 0.29) is 12.5 Å². The van der Waals surface area contributed by atoms with E-state index in [0.29, 0.717) is 12.1 Å². The number of anilines is 1. The molecule has 1 heterocycles. The van der Waals surface area contributed by atoms with Crippen molar-refractivity contribution in [1.82, 2.24) is 9.78 Å². The molecule has 0 unspecified atom stereocenters. The lowest BCUT2D eigenvalue weighted by molar-refractivity contribution is -0.137. The van der Waals surface area contributed by atoms with Crippen LogP contribution in [-0.2, 0) is 16.1 Å². The zero-order valence-corrected chi connectivity index (χ0v) is 12.3. The van der Waals surface area contributed by atoms with Crippen LogP contribution in [0.2, 0.25) is 0 Å². The van der Waals surface area contributed by atoms with Crippen LogP contribution in [-0.4, -0.2) is 26.8 Å². The van der Waals surface area contributed by atoms with E-state index in [1.54, 1.807) is 0 Å². The van der Waals surface area contributed by atoms with Crippen molar-refractivity contribution in [3.63, 3.8) is 0 Å². The van der Waals surface area contributed by atoms with Gasteiger partial charge in [0.2, 0.25) is 5.91 Å². The number of hydrogen-bond acceptors (Lipinski definition) is 3. The Morgan fingerprint density at radius 2 is 2.10 bits per heavy atom. The fourth-order valence-corrected chi connectivity index (χ4v) is 2.90. The third-order valence-corrected chi connectivity index (χ3v) is 3.96. The summed E-state index contributed by atoms with van der Waals surface area (Å²) in [7, 11) is 0. The molecule has 1 aliphatic carbocycles. The van der Waals surface area contributed by atoms with Gasteiger partial charge in [-0.05, 0) is 18.8 Å². The minimum Gasteiger partial charge on any atom is -0.480 e. The van der Waals surface area contributed by atoms with E-state index in [1.807, 2.05) is 0 Å². The van der Waals surface area contributed by atoms with Gasteiger partial charge in [0.25, 0.3) is 0 Å². The van der Waals surface area contributed by atoms with Crippen molar-refractivity contribution in [1.29, 1.82) is 0 Å². The van der Waals surface area contributed by atoms with Gasteiger partial charge in [-0.3, -0.25) is 14.3 Å². The Balaban J connectivity index is 1.66. The van der Waals surface area contributed by atoms with Crippen molar-refractivity contribution >= 4 is 17.6 Å². The molecule has 0 radical (unpaired) electrons. The lowest BCUT2D eigenvalue weighted by Gasteiger charge is -2.21. The Kier molecular flexibility index (Phi) is 5.78. The molecule has 0 aliphatic heterocycles. The van der Waals surface area contributed by atoms with Gasteiger partial charge >= 0.3 is 5.97 Å². The molecule has 6 nitrogen and oxygen atoms in total. The summed E-state index contributed by atoms with van der Waals surface area (Å²) in [6.07, 6.45) is 12.2. The fraction of sp³-hybridized carbons (Fsp3) is 0.667. The summed E-state index contributed by atoms with van der Waals surface area (Å²) in [5.74, 6) is -0.186. The minimum atomic E-state index is -0.955. The average Bonchev–Trinajstić information content (AvgIpc) is 2.86. The largest absolute Gasteiger partial charge is 0.480 e. The maximum Gasteiger partial charge on any atom is 0.325 e. The van der Waals surface area contributed by atoms with Gasteiger partial charge in [-0.15, -0.1) is 0 Å². The van der Waals surface area contributed by atoms with Crippen LogP contribution in [0.5, 0.6) is 0 Å². The second-order valence-electron chi connectivity index (χ2n) is 5.76. The van der Waals surface area contributed by atoms with E-state index in [0.717, 1.165) is 18.8 Å². The summed E-state index contributed by atoms with van der Waals surface area (Å²) < 4.78 is 1.29. The zero-order chi connectivity index (χ0) is 15.1. The summed E-state index contributed by atoms with van der Waals surface area (Å²) in [6, 6.07) is 0. The molecule has 0 aromatic carbocycles. The molecule has 0 bridgehead atoms. The van der Waals surface area contributed by atoms with Gasteiger partial charge in [0, 0.05) is 12.6 Å². The SMILES string of the molecule is O=C(O)Cn1cc(NC(=O)CCCC2CCCCC2)cn1. The second kappa shape index (κ2) is 7.81. The third kappa shape index (κ3) is 5.57. The quantitative estimate of drug-likeness (QED) is 0.809. The van der Waals surface area contributed by atoms with Crippen LogP contribution in [0.25, 0.3) is 0 Å². The van der Waals surface area contributed by atoms with E-state index in [1.165, 1.54) is 49.2 Å². The molecule has 1 amide bonds. The molecule has 1 saturated carbocycles. The molecule has 1 aromatic heterocycles. The number of carboxylic acids is 1. The van der Waals surface area contributed by atoms with Crippen LogP contribution >= 0.6 is 0 Å². The summed E-state index contributed by atoms with van der Waals surface area (Å²) in [4.78, 5) is 22.4. The lowest BCUT2D eigenvalue weighted by Crippen LogP contribution is -2.12. The molecule has 0 atom stereocenters. The lowest BCUT2D eigenvalue weighted by atomic mass is 9.86. The van der Waals surface area contributed by atoms with Crippen LogP contribution in [0, 0.1) is 5.92 Å². The number of nitrogens with one attached hydrogen (secondary N) is 1. The first-order valence-corrected chi connectivity index (χ1v) is 7.67. The van der Waals surface area contributed by atoms with E-state index in [2.05, 4.69) is 10.4 Å². The highest BCUT2D eigenvalue weighted by Gasteiger charge is 2.14. The van der Waals surface area contributed by atoms with Gasteiger partial charge in [0.1, 0.15) is 6.54 Å². The fourth-order valence-electron chi connectivity index (χ4n) is 2.90. The number of aliphatic carboxylic acids is 1. The number of aromatic nitrogens is 2. The van der Waals surface area contributed by atoms with E-state index < -0.39 is 5.97 Å². The topological polar surface area (TPSA) is 84.2 Å². The van der Waals surface area contributed by atoms with Crippen molar-refractivity contribution in [2.75, 3.05) is 5.32 Å². The Labute approximate surface area is 124 Å². The van der Waals surface area contributed by atoms with Crippen LogP contribution < -0.4 is 5.32 Å². The number of nitrogens with zero attached hydrogens (tertiary/aromatic N) is 2. The van der Waals surface area contributed by atoms with E-state index >= 15 is 0 Å². The molecule has 6 heteroatoms. The van der Waals surface area contributed by atoms with Crippen LogP contribution in [0.4, 0.5) is 5.69 Å². The zero-order valence-electron chi connectivity index (χ0n) is 12.3. The minimum absolute atomic E-state index is 0.0271. The third-order valence-electron chi connectivity index (χ3n) is 3.96. The van der Waals surface area contributed by atoms with Gasteiger partial charge < -0.3 is 10.4 Å². The van der Waals surface area contributed by atoms with Gasteiger partial charge in [0.15, 0.2) is 0 Å². The highest BCUT2D eigenvalue weighted by Crippen LogP contribution is 2.27. The molecule has 0 spiro atoms. The normalized spacial score (nSPS) is 15.8. The predicted octanol–water partition coefficient (Wildman–Crippen LogP) is 2.66. The van der Waals surface area contributed by atoms with E-state index in [4.69, 9.17) is 5.11 Å². The molecule has 116 valence electrons. The predicted molar refractivity (Wildman–Crippen MR) is 78.9 cm³/mol. The highest BCUT2D eigenvalue weighted by molar-refractivity contribution is 5.90. The first kappa shape index (κ1) is 15.5. The number of carbonyl (C=O) groups excluding carboxylic acids is 1. The Morgan fingerprint density at radius 3 is 2.81 bits per heavy atom. The molecular weight excluding hydrogens is 270 g/mol. The van der Waals surface area contributed by atoms with Crippen LogP contribution in [0.15, 0.2) is 12.4 Å². The molecular formula is C15H23N3O3. The van der Waals surface area contributed by atoms with Crippen molar-refractivity contribution in [3.8, 4) is 0 Å². The molecule has 2 N–H and O–H groups in total. The second-order valence-corrected chi connectivity index (χ2v) is 5.76. The van der Waals surface area contributed by atoms with Gasteiger partial charge in [-0.25, -0.2) is 0 Å². The van der Waals surface area contributed by atoms with Crippen molar-refractivity contribution in [2.45, 2.75) is 57.9 Å². The Morgan fingerprint density at radius 1 is 1.33 bits per heavy atom. The molecule has 1 aliphatic rings. The van der Waals surface area contributed by atoms with Crippen LogP contribution in [0.3, 0.4) is 0 Å². The molecule has 2 rings (SSSR count). The summed E-state index contributed by atoms with van der Waals surface area (Å²) in [6.45, 7) is -0.197. The first-order valence-electron chi connectivity index (χ1n) is 7.67. The smallest absolute Gasteiger partial charge is 0.325 e. The average molecular weight is 293 g/mol. The summed E-state index contributed by atoms with van der Waals surface area (Å²) in [5.41, 5.74) is 0.555. The number of hydrogen-bond donors (Lipinski definition) is 2. The summed E-state index contributed by atoms with van der Waals surface area (Å²) >= 11 is 0. The van der Waals surface area contributed by atoms with Gasteiger partial charge in [-0.2, -0.15) is 5.10 Å². The van der Waals surface area contributed by atoms with Crippen molar-refractivity contribution in [2.24, 2.45) is 5.92 Å². The first-order chi connectivity index (χ1) is 10.1. The van der Waals surface area contributed by atoms with E-state index in [9.17, 15) is 9.59 Å². The Bertz CT molecular complexity index is 478. The Hall–Kier alpha value is -1.85. The van der Waals surface area contributed by atoms with Crippen molar-refractivity contribution in [3.05, 3.63) is 12.4 Å². The standard InChI is InChI=1S/C15H23N3O3/c19-14(8-4-7-12-5-2-1-3-6-12)17-13-9-16-18(10-13)11-15(20)21/h9-10,12H,1-8,11H2,(H,17,19)(H,20,21). The molecule has 1 aromatic rings. The summed E-state index contributed by atoms with van der Waals surface area (Å²) in [5, 5.41) is 15.3. The molecule has 0 saturated heterocycles. The maximum absolute atomic E-state index is 11.8. The van der Waals surface area contributed by atoms with Gasteiger partial charge in [-0.1, -0.05) is 32.1 Å². The van der Waals surface area contributed by atoms with Crippen molar-refractivity contribution < 1.29 is 14.7 Å². The molecule has 1 fully saturated rings. The van der Waals surface area contributed by atoms with Gasteiger partial charge in [0.05, 0.1) is 11.9 Å². The molecule has 21 heavy (non-hydrogen) atoms. The number of carboxylic acid groups (broad SMARTS) is 1.